The Hall–Kier alpha value is -3.04. The Labute approximate surface area is 171 Å². The van der Waals surface area contributed by atoms with Gasteiger partial charge in [-0.1, -0.05) is 18.2 Å². The second-order valence-corrected chi connectivity index (χ2v) is 7.83. The largest absolute Gasteiger partial charge is 0.505 e. The van der Waals surface area contributed by atoms with Gasteiger partial charge in [0.25, 0.3) is 0 Å². The smallest absolute Gasteiger partial charge is 0.469 e. The minimum Gasteiger partial charge on any atom is -0.505 e. The number of hydrogen-bond acceptors (Lipinski definition) is 6. The Morgan fingerprint density at radius 3 is 2.77 bits per heavy atom. The van der Waals surface area contributed by atoms with Crippen LogP contribution < -0.4 is 0 Å². The molecule has 0 aliphatic heterocycles. The number of nitrogens with zero attached hydrogens (tertiary/aromatic N) is 2. The summed E-state index contributed by atoms with van der Waals surface area (Å²) in [6.45, 7) is 0.994. The lowest BCUT2D eigenvalue weighted by molar-refractivity contribution is -0.138. The summed E-state index contributed by atoms with van der Waals surface area (Å²) in [6.07, 6.45) is 4.27. The number of hydrogen-bond donors (Lipinski definition) is 5. The molecule has 0 saturated carbocycles. The van der Waals surface area contributed by atoms with Crippen LogP contribution in [0.25, 0.3) is 10.9 Å². The molecule has 3 aromatic rings. The van der Waals surface area contributed by atoms with Crippen molar-refractivity contribution in [2.24, 2.45) is 4.99 Å². The van der Waals surface area contributed by atoms with Crippen LogP contribution in [0, 0.1) is 6.92 Å². The van der Waals surface area contributed by atoms with Gasteiger partial charge in [0.05, 0.1) is 12.3 Å². The lowest BCUT2D eigenvalue weighted by atomic mass is 10.0. The van der Waals surface area contributed by atoms with E-state index in [0.29, 0.717) is 0 Å². The molecule has 5 N–H and O–H groups in total. The second kappa shape index (κ2) is 8.76. The van der Waals surface area contributed by atoms with E-state index in [1.807, 2.05) is 24.3 Å². The summed E-state index contributed by atoms with van der Waals surface area (Å²) in [6, 6.07) is 6.32. The zero-order valence-electron chi connectivity index (χ0n) is 15.9. The lowest BCUT2D eigenvalue weighted by Crippen LogP contribution is -2.21. The van der Waals surface area contributed by atoms with Crippen LogP contribution in [0.15, 0.2) is 41.7 Å². The summed E-state index contributed by atoms with van der Waals surface area (Å²) in [7, 11) is -4.75. The van der Waals surface area contributed by atoms with Crippen molar-refractivity contribution in [3.63, 3.8) is 0 Å². The van der Waals surface area contributed by atoms with E-state index in [1.165, 1.54) is 13.1 Å². The number of aromatic hydroxyl groups is 1. The topological polar surface area (TPSA) is 165 Å². The molecule has 2 aromatic heterocycles. The number of phosphoric acid groups is 1. The molecule has 11 heteroatoms. The van der Waals surface area contributed by atoms with Crippen LogP contribution in [0.4, 0.5) is 0 Å². The number of nitrogens with one attached hydrogen (secondary N) is 1. The van der Waals surface area contributed by atoms with E-state index < -0.39 is 26.4 Å². The fourth-order valence-electron chi connectivity index (χ4n) is 2.94. The van der Waals surface area contributed by atoms with E-state index in [1.54, 1.807) is 6.20 Å². The maximum atomic E-state index is 11.8. The number of rotatable bonds is 8. The van der Waals surface area contributed by atoms with Gasteiger partial charge in [0.2, 0.25) is 0 Å². The van der Waals surface area contributed by atoms with E-state index in [0.717, 1.165) is 22.7 Å². The Morgan fingerprint density at radius 2 is 2.07 bits per heavy atom. The summed E-state index contributed by atoms with van der Waals surface area (Å²) < 4.78 is 15.5. The average molecular weight is 433 g/mol. The molecule has 0 saturated heterocycles. The highest BCUT2D eigenvalue weighted by molar-refractivity contribution is 7.46. The van der Waals surface area contributed by atoms with Crippen molar-refractivity contribution in [2.75, 3.05) is 0 Å². The van der Waals surface area contributed by atoms with Gasteiger partial charge in [-0.2, -0.15) is 0 Å². The summed E-state index contributed by atoms with van der Waals surface area (Å²) in [5.41, 5.74) is 2.14. The van der Waals surface area contributed by atoms with E-state index >= 15 is 0 Å². The van der Waals surface area contributed by atoms with Gasteiger partial charge >= 0.3 is 13.8 Å². The minimum absolute atomic E-state index is 0.0844. The van der Waals surface area contributed by atoms with Gasteiger partial charge in [0.15, 0.2) is 6.04 Å². The van der Waals surface area contributed by atoms with Crippen molar-refractivity contribution in [3.8, 4) is 5.75 Å². The molecule has 1 atom stereocenters. The highest BCUT2D eigenvalue weighted by Crippen LogP contribution is 2.37. The number of aliphatic carboxylic acids is 1. The number of para-hydroxylation sites is 1. The summed E-state index contributed by atoms with van der Waals surface area (Å²) in [5.74, 6) is -1.43. The molecule has 2 heterocycles. The number of aromatic nitrogens is 2. The van der Waals surface area contributed by atoms with Crippen LogP contribution in [0.3, 0.4) is 0 Å². The van der Waals surface area contributed by atoms with E-state index in [9.17, 15) is 19.6 Å². The molecule has 3 rings (SSSR count). The third kappa shape index (κ3) is 5.11. The number of carboxylic acid groups (broad SMARTS) is 1. The van der Waals surface area contributed by atoms with Gasteiger partial charge in [-0.15, -0.1) is 0 Å². The maximum Gasteiger partial charge on any atom is 0.469 e. The standard InChI is InChI=1S/C19H20N3O7P/c1-11-18(23)15(13(8-20-11)10-29-30(26,27)28)9-22-17(19(24)25)6-12-7-21-16-5-3-2-4-14(12)16/h2-5,7-9,17,21,23H,6,10H2,1H3,(H,24,25)(H2,26,27,28)/t17-/m1/s1. The van der Waals surface area contributed by atoms with E-state index in [4.69, 9.17) is 9.79 Å². The zero-order valence-corrected chi connectivity index (χ0v) is 16.8. The van der Waals surface area contributed by atoms with E-state index in [-0.39, 0.29) is 29.0 Å². The lowest BCUT2D eigenvalue weighted by Gasteiger charge is -2.12. The summed E-state index contributed by atoms with van der Waals surface area (Å²) >= 11 is 0. The predicted octanol–water partition coefficient (Wildman–Crippen LogP) is 2.30. The molecule has 0 bridgehead atoms. The highest BCUT2D eigenvalue weighted by atomic mass is 31.2. The van der Waals surface area contributed by atoms with Crippen LogP contribution in [-0.2, 0) is 26.9 Å². The fraction of sp³-hybridized carbons (Fsp3) is 0.211. The van der Waals surface area contributed by atoms with Gasteiger partial charge in [0.1, 0.15) is 5.75 Å². The molecular formula is C19H20N3O7P. The molecule has 0 amide bonds. The van der Waals surface area contributed by atoms with Gasteiger partial charge in [0, 0.05) is 47.1 Å². The number of aromatic amines is 1. The number of benzene rings is 1. The van der Waals surface area contributed by atoms with Crippen molar-refractivity contribution in [1.82, 2.24) is 9.97 Å². The van der Waals surface area contributed by atoms with Gasteiger partial charge in [-0.05, 0) is 18.6 Å². The van der Waals surface area contributed by atoms with Crippen molar-refractivity contribution in [3.05, 3.63) is 59.0 Å². The monoisotopic (exact) mass is 433 g/mol. The van der Waals surface area contributed by atoms with Crippen molar-refractivity contribution in [2.45, 2.75) is 26.0 Å². The number of fused-ring (bicyclic) bond motifs is 1. The predicted molar refractivity (Wildman–Crippen MR) is 108 cm³/mol. The number of carboxylic acids is 1. The molecule has 30 heavy (non-hydrogen) atoms. The molecule has 0 aliphatic carbocycles. The third-order valence-corrected chi connectivity index (χ3v) is 4.97. The maximum absolute atomic E-state index is 11.8. The van der Waals surface area contributed by atoms with Crippen LogP contribution in [0.1, 0.15) is 22.4 Å². The molecule has 10 nitrogen and oxygen atoms in total. The first-order valence-electron chi connectivity index (χ1n) is 8.84. The highest BCUT2D eigenvalue weighted by Gasteiger charge is 2.20. The van der Waals surface area contributed by atoms with Gasteiger partial charge in [-0.25, -0.2) is 9.36 Å². The number of aryl methyl sites for hydroxylation is 1. The van der Waals surface area contributed by atoms with Crippen LogP contribution >= 0.6 is 7.82 Å². The number of phosphoric ester groups is 1. The van der Waals surface area contributed by atoms with Crippen LogP contribution in [-0.4, -0.2) is 48.2 Å². The number of aliphatic imine (C=N–C) groups is 1. The molecule has 158 valence electrons. The van der Waals surface area contributed by atoms with Crippen molar-refractivity contribution < 1.29 is 33.9 Å². The molecule has 0 radical (unpaired) electrons. The molecule has 1 aromatic carbocycles. The number of carbonyl (C=O) groups is 1. The van der Waals surface area contributed by atoms with Crippen molar-refractivity contribution >= 4 is 30.9 Å². The number of pyridine rings is 1. The molecule has 0 aliphatic rings. The Bertz CT molecular complexity index is 1150. The Balaban J connectivity index is 1.90. The second-order valence-electron chi connectivity index (χ2n) is 6.59. The molecule has 0 spiro atoms. The molecule has 0 unspecified atom stereocenters. The minimum atomic E-state index is -4.75. The van der Waals surface area contributed by atoms with Crippen LogP contribution in [0.2, 0.25) is 0 Å². The first kappa shape index (κ1) is 21.7. The van der Waals surface area contributed by atoms with Gasteiger partial charge < -0.3 is 25.0 Å². The Kier molecular flexibility index (Phi) is 6.33. The summed E-state index contributed by atoms with van der Waals surface area (Å²) in [4.78, 5) is 40.7. The zero-order chi connectivity index (χ0) is 21.9. The first-order chi connectivity index (χ1) is 14.2. The normalized spacial score (nSPS) is 13.2. The van der Waals surface area contributed by atoms with Crippen molar-refractivity contribution in [1.29, 1.82) is 0 Å². The SMILES string of the molecule is Cc1ncc(COP(=O)(O)O)c(C=N[C@H](Cc2c[nH]c3ccccc23)C(=O)O)c1O. The molecule has 0 fully saturated rings. The third-order valence-electron chi connectivity index (χ3n) is 4.50. The van der Waals surface area contributed by atoms with E-state index in [2.05, 4.69) is 19.5 Å². The first-order valence-corrected chi connectivity index (χ1v) is 10.4. The fourth-order valence-corrected chi connectivity index (χ4v) is 3.25. The quantitative estimate of drug-likeness (QED) is 0.267. The number of H-pyrrole nitrogens is 1. The summed E-state index contributed by atoms with van der Waals surface area (Å²) in [5, 5.41) is 20.8. The Morgan fingerprint density at radius 1 is 1.33 bits per heavy atom. The van der Waals surface area contributed by atoms with Crippen LogP contribution in [0.5, 0.6) is 5.75 Å². The average Bonchev–Trinajstić information content (AvgIpc) is 3.09. The molecular weight excluding hydrogens is 413 g/mol. The van der Waals surface area contributed by atoms with Gasteiger partial charge in [-0.3, -0.25) is 14.5 Å².